The molecule has 2 heterocycles. The molecule has 1 aromatic rings. The predicted molar refractivity (Wildman–Crippen MR) is 53.3 cm³/mol. The molecule has 0 radical (unpaired) electrons. The minimum Gasteiger partial charge on any atom is -0.381 e. The summed E-state index contributed by atoms with van der Waals surface area (Å²) in [4.78, 5) is 0. The highest BCUT2D eigenvalue weighted by molar-refractivity contribution is 5.08. The molecule has 0 spiro atoms. The van der Waals surface area contributed by atoms with Gasteiger partial charge in [-0.25, -0.2) is 0 Å². The van der Waals surface area contributed by atoms with Gasteiger partial charge < -0.3 is 4.74 Å². The molecule has 2 aliphatic rings. The molecule has 1 atom stereocenters. The fourth-order valence-corrected chi connectivity index (χ4v) is 2.19. The summed E-state index contributed by atoms with van der Waals surface area (Å²) >= 11 is 0. The quantitative estimate of drug-likeness (QED) is 0.717. The van der Waals surface area contributed by atoms with Crippen LogP contribution in [0.4, 0.5) is 0 Å². The van der Waals surface area contributed by atoms with Crippen molar-refractivity contribution in [2.45, 2.75) is 37.6 Å². The Hall–Kier alpha value is -0.830. The second-order valence-electron chi connectivity index (χ2n) is 4.37. The van der Waals surface area contributed by atoms with Crippen LogP contribution in [-0.4, -0.2) is 23.0 Å². The zero-order chi connectivity index (χ0) is 9.38. The van der Waals surface area contributed by atoms with Crippen molar-refractivity contribution in [1.29, 1.82) is 0 Å². The van der Waals surface area contributed by atoms with E-state index in [0.29, 0.717) is 12.0 Å². The topological polar surface area (TPSA) is 27.1 Å². The van der Waals surface area contributed by atoms with Gasteiger partial charge in [0.2, 0.25) is 0 Å². The lowest BCUT2D eigenvalue weighted by atomic mass is 9.93. The van der Waals surface area contributed by atoms with Gasteiger partial charge in [0.25, 0.3) is 0 Å². The Labute approximate surface area is 84.1 Å². The SMILES string of the molecule is c1cn(C2CCC2)nc1C1CCOC1. The molecule has 0 bridgehead atoms. The summed E-state index contributed by atoms with van der Waals surface area (Å²) < 4.78 is 7.52. The Morgan fingerprint density at radius 2 is 2.29 bits per heavy atom. The summed E-state index contributed by atoms with van der Waals surface area (Å²) in [5.74, 6) is 0.552. The van der Waals surface area contributed by atoms with E-state index < -0.39 is 0 Å². The fraction of sp³-hybridized carbons (Fsp3) is 0.727. The summed E-state index contributed by atoms with van der Waals surface area (Å²) in [6, 6.07) is 2.85. The van der Waals surface area contributed by atoms with Crippen molar-refractivity contribution >= 4 is 0 Å². The maximum atomic E-state index is 5.37. The molecule has 1 unspecified atom stereocenters. The number of hydrogen-bond acceptors (Lipinski definition) is 2. The van der Waals surface area contributed by atoms with E-state index in [-0.39, 0.29) is 0 Å². The minimum atomic E-state index is 0.552. The van der Waals surface area contributed by atoms with Gasteiger partial charge in [-0.2, -0.15) is 5.10 Å². The molecular weight excluding hydrogens is 176 g/mol. The molecule has 1 saturated carbocycles. The largest absolute Gasteiger partial charge is 0.381 e. The Bertz CT molecular complexity index is 311. The van der Waals surface area contributed by atoms with E-state index in [1.165, 1.54) is 25.0 Å². The van der Waals surface area contributed by atoms with Crippen molar-refractivity contribution in [1.82, 2.24) is 9.78 Å². The smallest absolute Gasteiger partial charge is 0.0679 e. The van der Waals surface area contributed by atoms with Crippen LogP contribution in [0.15, 0.2) is 12.3 Å². The molecule has 1 saturated heterocycles. The maximum absolute atomic E-state index is 5.37. The van der Waals surface area contributed by atoms with Crippen LogP contribution >= 0.6 is 0 Å². The first-order chi connectivity index (χ1) is 6.93. The third-order valence-electron chi connectivity index (χ3n) is 3.43. The molecule has 2 fully saturated rings. The van der Waals surface area contributed by atoms with Crippen LogP contribution in [-0.2, 0) is 4.74 Å². The number of ether oxygens (including phenoxy) is 1. The minimum absolute atomic E-state index is 0.552. The van der Waals surface area contributed by atoms with Gasteiger partial charge in [0.15, 0.2) is 0 Å². The molecule has 3 heteroatoms. The van der Waals surface area contributed by atoms with Crippen LogP contribution in [0.2, 0.25) is 0 Å². The zero-order valence-electron chi connectivity index (χ0n) is 8.35. The standard InChI is InChI=1S/C11H16N2O/c1-2-10(3-1)13-6-4-11(12-13)9-5-7-14-8-9/h4,6,9-10H,1-3,5,7-8H2. The molecule has 14 heavy (non-hydrogen) atoms. The number of rotatable bonds is 2. The van der Waals surface area contributed by atoms with Gasteiger partial charge in [0.05, 0.1) is 18.3 Å². The Morgan fingerprint density at radius 1 is 1.36 bits per heavy atom. The Morgan fingerprint density at radius 3 is 2.93 bits per heavy atom. The Kier molecular flexibility index (Phi) is 2.05. The van der Waals surface area contributed by atoms with Crippen LogP contribution in [0.1, 0.15) is 43.3 Å². The molecule has 76 valence electrons. The highest BCUT2D eigenvalue weighted by atomic mass is 16.5. The second kappa shape index (κ2) is 3.39. The van der Waals surface area contributed by atoms with Crippen LogP contribution in [0.25, 0.3) is 0 Å². The van der Waals surface area contributed by atoms with Gasteiger partial charge >= 0.3 is 0 Å². The van der Waals surface area contributed by atoms with E-state index in [2.05, 4.69) is 22.0 Å². The maximum Gasteiger partial charge on any atom is 0.0679 e. The van der Waals surface area contributed by atoms with Gasteiger partial charge in [-0.3, -0.25) is 4.68 Å². The van der Waals surface area contributed by atoms with Gasteiger partial charge in [-0.05, 0) is 31.7 Å². The van der Waals surface area contributed by atoms with E-state index in [4.69, 9.17) is 4.74 Å². The van der Waals surface area contributed by atoms with Gasteiger partial charge in [0, 0.05) is 18.7 Å². The van der Waals surface area contributed by atoms with Gasteiger partial charge in [-0.1, -0.05) is 0 Å². The molecule has 1 aromatic heterocycles. The summed E-state index contributed by atoms with van der Waals surface area (Å²) in [5.41, 5.74) is 1.23. The van der Waals surface area contributed by atoms with Gasteiger partial charge in [-0.15, -0.1) is 0 Å². The number of hydrogen-bond donors (Lipinski definition) is 0. The van der Waals surface area contributed by atoms with Gasteiger partial charge in [0.1, 0.15) is 0 Å². The summed E-state index contributed by atoms with van der Waals surface area (Å²) in [7, 11) is 0. The third-order valence-corrected chi connectivity index (χ3v) is 3.43. The van der Waals surface area contributed by atoms with E-state index in [1.54, 1.807) is 0 Å². The van der Waals surface area contributed by atoms with Crippen molar-refractivity contribution in [3.05, 3.63) is 18.0 Å². The monoisotopic (exact) mass is 192 g/mol. The van der Waals surface area contributed by atoms with Crippen LogP contribution < -0.4 is 0 Å². The van der Waals surface area contributed by atoms with E-state index in [9.17, 15) is 0 Å². The Balaban J connectivity index is 1.75. The molecule has 0 aromatic carbocycles. The van der Waals surface area contributed by atoms with Crippen molar-refractivity contribution < 1.29 is 4.74 Å². The first-order valence-electron chi connectivity index (χ1n) is 5.56. The average molecular weight is 192 g/mol. The lowest BCUT2D eigenvalue weighted by molar-refractivity contribution is 0.193. The molecule has 0 N–H and O–H groups in total. The molecule has 0 amide bonds. The fourth-order valence-electron chi connectivity index (χ4n) is 2.19. The lowest BCUT2D eigenvalue weighted by Crippen LogP contribution is -2.17. The molecule has 1 aliphatic heterocycles. The summed E-state index contributed by atoms with van der Waals surface area (Å²) in [6.07, 6.45) is 7.26. The van der Waals surface area contributed by atoms with E-state index >= 15 is 0 Å². The normalized spacial score (nSPS) is 27.9. The average Bonchev–Trinajstić information content (AvgIpc) is 2.65. The first kappa shape index (κ1) is 8.48. The number of aromatic nitrogens is 2. The van der Waals surface area contributed by atoms with Crippen molar-refractivity contribution in [3.8, 4) is 0 Å². The lowest BCUT2D eigenvalue weighted by Gasteiger charge is -2.25. The third kappa shape index (κ3) is 1.36. The zero-order valence-corrected chi connectivity index (χ0v) is 8.35. The van der Waals surface area contributed by atoms with Crippen LogP contribution in [0.3, 0.4) is 0 Å². The number of nitrogens with zero attached hydrogens (tertiary/aromatic N) is 2. The molecule has 3 nitrogen and oxygen atoms in total. The van der Waals surface area contributed by atoms with Crippen LogP contribution in [0, 0.1) is 0 Å². The highest BCUT2D eigenvalue weighted by Crippen LogP contribution is 2.32. The van der Waals surface area contributed by atoms with E-state index in [1.807, 2.05) is 0 Å². The molecular formula is C11H16N2O. The van der Waals surface area contributed by atoms with Crippen molar-refractivity contribution in [3.63, 3.8) is 0 Å². The predicted octanol–water partition coefficient (Wildman–Crippen LogP) is 2.11. The van der Waals surface area contributed by atoms with Crippen molar-refractivity contribution in [2.75, 3.05) is 13.2 Å². The van der Waals surface area contributed by atoms with Crippen molar-refractivity contribution in [2.24, 2.45) is 0 Å². The summed E-state index contributed by atoms with van der Waals surface area (Å²) in [5, 5.41) is 4.65. The molecule has 1 aliphatic carbocycles. The summed E-state index contributed by atoms with van der Waals surface area (Å²) in [6.45, 7) is 1.77. The van der Waals surface area contributed by atoms with E-state index in [0.717, 1.165) is 19.6 Å². The van der Waals surface area contributed by atoms with Crippen LogP contribution in [0.5, 0.6) is 0 Å². The highest BCUT2D eigenvalue weighted by Gasteiger charge is 2.23. The first-order valence-corrected chi connectivity index (χ1v) is 5.56. The molecule has 3 rings (SSSR count). The second-order valence-corrected chi connectivity index (χ2v) is 4.37.